The number of carbonyl (C=O) groups is 1. The quantitative estimate of drug-likeness (QED) is 0.687. The number of hydrogen-bond acceptors (Lipinski definition) is 3. The third kappa shape index (κ3) is 4.47. The molecule has 5 nitrogen and oxygen atoms in total. The highest BCUT2D eigenvalue weighted by molar-refractivity contribution is 5.74. The van der Waals surface area contributed by atoms with E-state index in [1.165, 1.54) is 12.1 Å². The largest absolute Gasteiger partial charge is 0.338 e. The van der Waals surface area contributed by atoms with E-state index in [0.29, 0.717) is 6.54 Å². The topological polar surface area (TPSA) is 50.2 Å². The average molecular weight is 394 g/mol. The predicted octanol–water partition coefficient (Wildman–Crippen LogP) is 4.90. The highest BCUT2D eigenvalue weighted by atomic mass is 19.1. The summed E-state index contributed by atoms with van der Waals surface area (Å²) in [5.74, 6) is 0.628. The molecule has 2 heterocycles. The number of hydrogen-bond donors (Lipinski definition) is 1. The molecule has 1 aliphatic heterocycles. The van der Waals surface area contributed by atoms with Crippen LogP contribution in [0.2, 0.25) is 0 Å². The molecule has 0 spiro atoms. The van der Waals surface area contributed by atoms with Gasteiger partial charge in [-0.15, -0.1) is 0 Å². The van der Waals surface area contributed by atoms with Gasteiger partial charge in [0.1, 0.15) is 5.82 Å². The summed E-state index contributed by atoms with van der Waals surface area (Å²) < 4.78 is 15.0. The van der Waals surface area contributed by atoms with Crippen LogP contribution in [0.15, 0.2) is 48.5 Å². The van der Waals surface area contributed by atoms with Gasteiger partial charge >= 0.3 is 0 Å². The van der Waals surface area contributed by atoms with Gasteiger partial charge in [0, 0.05) is 43.9 Å². The van der Waals surface area contributed by atoms with Crippen LogP contribution in [-0.2, 0) is 24.8 Å². The molecule has 152 valence electrons. The molecule has 2 aromatic carbocycles. The number of halogens is 1. The van der Waals surface area contributed by atoms with Crippen molar-refractivity contribution < 1.29 is 9.18 Å². The van der Waals surface area contributed by atoms with E-state index in [4.69, 9.17) is 0 Å². The number of rotatable bonds is 3. The number of fused-ring (bicyclic) bond motifs is 1. The minimum absolute atomic E-state index is 0.0825. The Labute approximate surface area is 171 Å². The van der Waals surface area contributed by atoms with Gasteiger partial charge in [-0.05, 0) is 35.4 Å². The molecule has 0 atom stereocenters. The Morgan fingerprint density at radius 1 is 1.03 bits per heavy atom. The summed E-state index contributed by atoms with van der Waals surface area (Å²) >= 11 is 0. The van der Waals surface area contributed by atoms with Crippen LogP contribution in [0.4, 0.5) is 15.9 Å². The summed E-state index contributed by atoms with van der Waals surface area (Å²) in [5, 5.41) is 7.97. The van der Waals surface area contributed by atoms with Gasteiger partial charge in [-0.25, -0.2) is 4.39 Å². The van der Waals surface area contributed by atoms with Gasteiger partial charge in [-0.3, -0.25) is 9.48 Å². The minimum Gasteiger partial charge on any atom is -0.338 e. The number of amides is 1. The van der Waals surface area contributed by atoms with Gasteiger partial charge in [-0.2, -0.15) is 5.10 Å². The number of aryl methyl sites for hydroxylation is 1. The van der Waals surface area contributed by atoms with Gasteiger partial charge < -0.3 is 10.2 Å². The van der Waals surface area contributed by atoms with Crippen LogP contribution in [-0.4, -0.2) is 27.1 Å². The average Bonchev–Trinajstić information content (AvgIpc) is 3.05. The van der Waals surface area contributed by atoms with E-state index >= 15 is 0 Å². The smallest absolute Gasteiger partial charge is 0.219 e. The first-order chi connectivity index (χ1) is 14.0. The molecule has 0 fully saturated rings. The van der Waals surface area contributed by atoms with E-state index in [0.717, 1.165) is 46.9 Å². The molecule has 1 aromatic heterocycles. The van der Waals surface area contributed by atoms with Gasteiger partial charge in [0.15, 0.2) is 5.82 Å². The molecule has 0 aliphatic carbocycles. The number of aromatic nitrogens is 2. The molecule has 1 amide bonds. The Hall–Kier alpha value is -3.15. The molecule has 1 aliphatic rings. The van der Waals surface area contributed by atoms with Crippen molar-refractivity contribution in [3.8, 4) is 11.1 Å². The molecule has 29 heavy (non-hydrogen) atoms. The second-order valence-electron chi connectivity index (χ2n) is 6.80. The third-order valence-electron chi connectivity index (χ3n) is 5.01. The van der Waals surface area contributed by atoms with E-state index in [-0.39, 0.29) is 11.7 Å². The van der Waals surface area contributed by atoms with Crippen molar-refractivity contribution in [2.75, 3.05) is 11.9 Å². The van der Waals surface area contributed by atoms with Crippen LogP contribution in [0.1, 0.15) is 32.0 Å². The Bertz CT molecular complexity index is 977. The van der Waals surface area contributed by atoms with Crippen LogP contribution in [0.5, 0.6) is 0 Å². The van der Waals surface area contributed by atoms with Crippen LogP contribution in [0.25, 0.3) is 11.1 Å². The summed E-state index contributed by atoms with van der Waals surface area (Å²) in [6, 6.07) is 14.4. The Morgan fingerprint density at radius 2 is 1.62 bits per heavy atom. The van der Waals surface area contributed by atoms with Crippen LogP contribution >= 0.6 is 0 Å². The van der Waals surface area contributed by atoms with Crippen LogP contribution in [0.3, 0.4) is 0 Å². The molecular weight excluding hydrogens is 367 g/mol. The number of anilines is 2. The molecule has 4 rings (SSSR count). The Morgan fingerprint density at radius 3 is 2.21 bits per heavy atom. The van der Waals surface area contributed by atoms with Gasteiger partial charge in [0.25, 0.3) is 0 Å². The fourth-order valence-electron chi connectivity index (χ4n) is 3.49. The molecule has 0 saturated carbocycles. The van der Waals surface area contributed by atoms with Crippen molar-refractivity contribution in [3.05, 3.63) is 65.6 Å². The fraction of sp³-hybridized carbons (Fsp3) is 0.304. The summed E-state index contributed by atoms with van der Waals surface area (Å²) in [4.78, 5) is 13.6. The summed E-state index contributed by atoms with van der Waals surface area (Å²) in [6.07, 6.45) is 0.809. The fourth-order valence-corrected chi connectivity index (χ4v) is 3.49. The second kappa shape index (κ2) is 8.90. The maximum absolute atomic E-state index is 13.1. The summed E-state index contributed by atoms with van der Waals surface area (Å²) in [7, 11) is 1.94. The molecule has 6 heteroatoms. The lowest BCUT2D eigenvalue weighted by atomic mass is 10.1. The first-order valence-corrected chi connectivity index (χ1v) is 9.94. The molecule has 0 radical (unpaired) electrons. The highest BCUT2D eigenvalue weighted by Crippen LogP contribution is 2.29. The second-order valence-corrected chi connectivity index (χ2v) is 6.80. The van der Waals surface area contributed by atoms with Crippen molar-refractivity contribution in [2.24, 2.45) is 7.05 Å². The van der Waals surface area contributed by atoms with Gasteiger partial charge in [-0.1, -0.05) is 38.1 Å². The van der Waals surface area contributed by atoms with E-state index in [1.54, 1.807) is 19.1 Å². The standard InChI is InChI=1S/C21H21FN4O.C2H6/c1-14(27)26-12-11-20-19(13-26)21(24-25(20)2)23-18-9-5-16(6-10-18)15-3-7-17(22)8-4-15;1-2/h3-10H,11-13H2,1-2H3,(H,23,24);1-2H3. The lowest BCUT2D eigenvalue weighted by Gasteiger charge is -2.26. The van der Waals surface area contributed by atoms with E-state index < -0.39 is 0 Å². The number of nitrogens with zero attached hydrogens (tertiary/aromatic N) is 3. The van der Waals surface area contributed by atoms with Crippen LogP contribution < -0.4 is 5.32 Å². The van der Waals surface area contributed by atoms with Crippen molar-refractivity contribution >= 4 is 17.4 Å². The molecular formula is C23H27FN4O. The first kappa shape index (κ1) is 20.6. The summed E-state index contributed by atoms with van der Waals surface area (Å²) in [5.41, 5.74) is 5.14. The van der Waals surface area contributed by atoms with Crippen molar-refractivity contribution in [1.82, 2.24) is 14.7 Å². The molecule has 0 saturated heterocycles. The van der Waals surface area contributed by atoms with Crippen molar-refractivity contribution in [3.63, 3.8) is 0 Å². The Balaban J connectivity index is 0.00000117. The van der Waals surface area contributed by atoms with E-state index in [9.17, 15) is 9.18 Å². The SMILES string of the molecule is CC.CC(=O)N1CCc2c(c(Nc3ccc(-c4ccc(F)cc4)cc3)nn2C)C1. The molecule has 0 unspecified atom stereocenters. The molecule has 1 N–H and O–H groups in total. The zero-order valence-corrected chi connectivity index (χ0v) is 17.4. The first-order valence-electron chi connectivity index (χ1n) is 9.94. The number of benzene rings is 2. The summed E-state index contributed by atoms with van der Waals surface area (Å²) in [6.45, 7) is 6.91. The Kier molecular flexibility index (Phi) is 6.32. The maximum Gasteiger partial charge on any atom is 0.219 e. The third-order valence-corrected chi connectivity index (χ3v) is 5.01. The normalized spacial score (nSPS) is 12.7. The van der Waals surface area contributed by atoms with Crippen molar-refractivity contribution in [1.29, 1.82) is 0 Å². The molecule has 3 aromatic rings. The zero-order chi connectivity index (χ0) is 21.0. The predicted molar refractivity (Wildman–Crippen MR) is 114 cm³/mol. The van der Waals surface area contributed by atoms with Crippen molar-refractivity contribution in [2.45, 2.75) is 33.7 Å². The lowest BCUT2D eigenvalue weighted by Crippen LogP contribution is -2.34. The van der Waals surface area contributed by atoms with Gasteiger partial charge in [0.05, 0.1) is 6.54 Å². The van der Waals surface area contributed by atoms with E-state index in [2.05, 4.69) is 10.4 Å². The monoisotopic (exact) mass is 394 g/mol. The molecule has 0 bridgehead atoms. The number of carbonyl (C=O) groups excluding carboxylic acids is 1. The van der Waals surface area contributed by atoms with Gasteiger partial charge in [0.2, 0.25) is 5.91 Å². The maximum atomic E-state index is 13.1. The highest BCUT2D eigenvalue weighted by Gasteiger charge is 2.25. The van der Waals surface area contributed by atoms with E-state index in [1.807, 2.05) is 54.7 Å². The zero-order valence-electron chi connectivity index (χ0n) is 17.4. The lowest BCUT2D eigenvalue weighted by molar-refractivity contribution is -0.129. The van der Waals surface area contributed by atoms with Crippen LogP contribution in [0, 0.1) is 5.82 Å². The minimum atomic E-state index is -0.239. The number of nitrogens with one attached hydrogen (secondary N) is 1.